The minimum Gasteiger partial charge on any atom is -0.126 e. The van der Waals surface area contributed by atoms with Gasteiger partial charge in [0.15, 0.2) is 0 Å². The fourth-order valence-electron chi connectivity index (χ4n) is 2.22. The van der Waals surface area contributed by atoms with E-state index in [9.17, 15) is 0 Å². The van der Waals surface area contributed by atoms with Crippen LogP contribution in [0.4, 0.5) is 0 Å². The molecule has 0 aliphatic carbocycles. The molecule has 0 nitrogen and oxygen atoms in total. The molecular weight excluding hydrogens is 308 g/mol. The van der Waals surface area contributed by atoms with Gasteiger partial charge in [-0.15, -0.1) is 11.6 Å². The fraction of sp³-hybridized carbons (Fsp3) is 0.625. The van der Waals surface area contributed by atoms with Crippen LogP contribution in [0.5, 0.6) is 0 Å². The van der Waals surface area contributed by atoms with Crippen molar-refractivity contribution in [3.8, 4) is 0 Å². The number of unbranched alkanes of at least 4 members (excludes halogenated alkanes) is 4. The second-order valence-corrected chi connectivity index (χ2v) is 6.28. The summed E-state index contributed by atoms with van der Waals surface area (Å²) >= 11 is 9.55. The number of hydrogen-bond acceptors (Lipinski definition) is 0. The van der Waals surface area contributed by atoms with Crippen LogP contribution in [0.25, 0.3) is 0 Å². The molecule has 1 aromatic rings. The predicted octanol–water partition coefficient (Wildman–Crippen LogP) is 6.21. The van der Waals surface area contributed by atoms with E-state index < -0.39 is 0 Å². The number of halogens is 2. The maximum Gasteiger partial charge on any atom is 0.0254 e. The van der Waals surface area contributed by atoms with Gasteiger partial charge < -0.3 is 0 Å². The number of alkyl halides is 1. The van der Waals surface area contributed by atoms with Gasteiger partial charge in [-0.05, 0) is 36.5 Å². The first-order chi connectivity index (χ1) is 8.76. The zero-order chi connectivity index (χ0) is 13.2. The first-order valence-electron chi connectivity index (χ1n) is 7.06. The average Bonchev–Trinajstić information content (AvgIpc) is 2.39. The molecular formula is C16H24BrCl. The Morgan fingerprint density at radius 3 is 2.33 bits per heavy atom. The summed E-state index contributed by atoms with van der Waals surface area (Å²) in [5.74, 6) is 1.42. The van der Waals surface area contributed by atoms with Gasteiger partial charge in [-0.25, -0.2) is 0 Å². The van der Waals surface area contributed by atoms with Crippen molar-refractivity contribution in [1.82, 2.24) is 0 Å². The average molecular weight is 332 g/mol. The van der Waals surface area contributed by atoms with Gasteiger partial charge in [-0.3, -0.25) is 0 Å². The Morgan fingerprint density at radius 2 is 1.72 bits per heavy atom. The van der Waals surface area contributed by atoms with E-state index in [1.165, 1.54) is 44.1 Å². The van der Waals surface area contributed by atoms with Gasteiger partial charge in [0, 0.05) is 10.4 Å². The molecule has 102 valence electrons. The molecule has 1 aromatic carbocycles. The van der Waals surface area contributed by atoms with E-state index in [-0.39, 0.29) is 0 Å². The highest BCUT2D eigenvalue weighted by Gasteiger charge is 2.08. The fourth-order valence-corrected chi connectivity index (χ4v) is 2.75. The molecule has 0 N–H and O–H groups in total. The summed E-state index contributed by atoms with van der Waals surface area (Å²) in [7, 11) is 0. The summed E-state index contributed by atoms with van der Waals surface area (Å²) in [4.78, 5) is 0. The normalized spacial score (nSPS) is 12.6. The van der Waals surface area contributed by atoms with E-state index in [2.05, 4.69) is 47.1 Å². The van der Waals surface area contributed by atoms with Crippen LogP contribution in [0.15, 0.2) is 28.7 Å². The third-order valence-electron chi connectivity index (χ3n) is 3.37. The Morgan fingerprint density at radius 1 is 1.06 bits per heavy atom. The van der Waals surface area contributed by atoms with Crippen molar-refractivity contribution in [3.63, 3.8) is 0 Å². The zero-order valence-corrected chi connectivity index (χ0v) is 13.6. The Balaban J connectivity index is 2.26. The van der Waals surface area contributed by atoms with Crippen molar-refractivity contribution >= 4 is 27.5 Å². The van der Waals surface area contributed by atoms with Crippen molar-refractivity contribution in [1.29, 1.82) is 0 Å². The Hall–Kier alpha value is -0.0100. The van der Waals surface area contributed by atoms with Gasteiger partial charge in [0.2, 0.25) is 0 Å². The van der Waals surface area contributed by atoms with Crippen molar-refractivity contribution in [2.45, 2.75) is 51.9 Å². The van der Waals surface area contributed by atoms with E-state index in [4.69, 9.17) is 11.6 Å². The minimum atomic E-state index is 0.634. The molecule has 0 bridgehead atoms. The van der Waals surface area contributed by atoms with E-state index in [0.29, 0.717) is 5.92 Å². The van der Waals surface area contributed by atoms with Crippen molar-refractivity contribution in [2.75, 3.05) is 5.88 Å². The van der Waals surface area contributed by atoms with Crippen molar-refractivity contribution in [2.24, 2.45) is 5.92 Å². The molecule has 1 unspecified atom stereocenters. The lowest BCUT2D eigenvalue weighted by molar-refractivity contribution is 0.488. The third-order valence-corrected chi connectivity index (χ3v) is 4.34. The Labute approximate surface area is 125 Å². The molecule has 0 heterocycles. The number of rotatable bonds is 9. The van der Waals surface area contributed by atoms with Gasteiger partial charge in [-0.1, -0.05) is 67.1 Å². The summed E-state index contributed by atoms with van der Waals surface area (Å²) in [6, 6.07) is 8.62. The largest absolute Gasteiger partial charge is 0.126 e. The highest BCUT2D eigenvalue weighted by molar-refractivity contribution is 9.10. The lowest BCUT2D eigenvalue weighted by Crippen LogP contribution is -2.06. The van der Waals surface area contributed by atoms with Crippen LogP contribution in [0, 0.1) is 5.92 Å². The summed E-state index contributed by atoms with van der Waals surface area (Å²) < 4.78 is 1.15. The smallest absolute Gasteiger partial charge is 0.0254 e. The molecule has 0 saturated carbocycles. The van der Waals surface area contributed by atoms with Crippen LogP contribution in [-0.4, -0.2) is 5.88 Å². The monoisotopic (exact) mass is 330 g/mol. The van der Waals surface area contributed by atoms with Gasteiger partial charge >= 0.3 is 0 Å². The molecule has 0 aromatic heterocycles. The van der Waals surface area contributed by atoms with E-state index in [1.54, 1.807) is 0 Å². The SMILES string of the molecule is CCCCCCCC(CCl)Cc1ccc(Br)cc1. The predicted molar refractivity (Wildman–Crippen MR) is 85.4 cm³/mol. The molecule has 0 fully saturated rings. The summed E-state index contributed by atoms with van der Waals surface area (Å²) in [6.45, 7) is 2.26. The zero-order valence-electron chi connectivity index (χ0n) is 11.3. The van der Waals surface area contributed by atoms with Crippen LogP contribution >= 0.6 is 27.5 Å². The number of hydrogen-bond donors (Lipinski definition) is 0. The molecule has 0 aliphatic rings. The molecule has 18 heavy (non-hydrogen) atoms. The van der Waals surface area contributed by atoms with Gasteiger partial charge in [0.05, 0.1) is 0 Å². The third kappa shape index (κ3) is 6.80. The lowest BCUT2D eigenvalue weighted by Gasteiger charge is -2.13. The summed E-state index contributed by atoms with van der Waals surface area (Å²) in [6.07, 6.45) is 9.14. The van der Waals surface area contributed by atoms with Crippen LogP contribution in [0.1, 0.15) is 51.0 Å². The van der Waals surface area contributed by atoms with E-state index >= 15 is 0 Å². The molecule has 1 rings (SSSR count). The Kier molecular flexibility index (Phi) is 8.79. The summed E-state index contributed by atoms with van der Waals surface area (Å²) in [5, 5.41) is 0. The molecule has 0 amide bonds. The molecule has 0 spiro atoms. The first kappa shape index (κ1) is 16.0. The molecule has 2 heteroatoms. The summed E-state index contributed by atoms with van der Waals surface area (Å²) in [5.41, 5.74) is 1.40. The number of benzene rings is 1. The molecule has 1 atom stereocenters. The van der Waals surface area contributed by atoms with Crippen LogP contribution in [-0.2, 0) is 6.42 Å². The molecule has 0 radical (unpaired) electrons. The second-order valence-electron chi connectivity index (χ2n) is 5.05. The van der Waals surface area contributed by atoms with Gasteiger partial charge in [0.1, 0.15) is 0 Å². The van der Waals surface area contributed by atoms with Crippen LogP contribution < -0.4 is 0 Å². The highest BCUT2D eigenvalue weighted by Crippen LogP contribution is 2.19. The van der Waals surface area contributed by atoms with Crippen LogP contribution in [0.3, 0.4) is 0 Å². The second kappa shape index (κ2) is 9.86. The maximum atomic E-state index is 6.08. The topological polar surface area (TPSA) is 0 Å². The first-order valence-corrected chi connectivity index (χ1v) is 8.39. The van der Waals surface area contributed by atoms with E-state index in [0.717, 1.165) is 16.8 Å². The standard InChI is InChI=1S/C16H24BrCl/c1-2-3-4-5-6-7-15(13-18)12-14-8-10-16(17)11-9-14/h8-11,15H,2-7,12-13H2,1H3. The molecule has 0 saturated heterocycles. The van der Waals surface area contributed by atoms with Crippen LogP contribution in [0.2, 0.25) is 0 Å². The Bertz CT molecular complexity index is 307. The quantitative estimate of drug-likeness (QED) is 0.373. The van der Waals surface area contributed by atoms with Gasteiger partial charge in [0.25, 0.3) is 0 Å². The van der Waals surface area contributed by atoms with Crippen molar-refractivity contribution < 1.29 is 0 Å². The minimum absolute atomic E-state index is 0.634. The van der Waals surface area contributed by atoms with E-state index in [1.807, 2.05) is 0 Å². The molecule has 0 aliphatic heterocycles. The lowest BCUT2D eigenvalue weighted by atomic mass is 9.95. The van der Waals surface area contributed by atoms with Gasteiger partial charge in [-0.2, -0.15) is 0 Å². The maximum absolute atomic E-state index is 6.08. The highest BCUT2D eigenvalue weighted by atomic mass is 79.9. The van der Waals surface area contributed by atoms with Crippen molar-refractivity contribution in [3.05, 3.63) is 34.3 Å².